The highest BCUT2D eigenvalue weighted by Crippen LogP contribution is 2.42. The Balaban J connectivity index is 1.83. The third-order valence-electron chi connectivity index (χ3n) is 5.26. The number of aryl methyl sites for hydroxylation is 2. The highest BCUT2D eigenvalue weighted by molar-refractivity contribution is 5.61. The summed E-state index contributed by atoms with van der Waals surface area (Å²) in [6, 6.07) is 12.7. The number of fused-ring (bicyclic) bond motifs is 2. The zero-order valence-corrected chi connectivity index (χ0v) is 12.6. The molecule has 0 spiro atoms. The van der Waals surface area contributed by atoms with Gasteiger partial charge >= 0.3 is 0 Å². The molecule has 2 aromatic rings. The fourth-order valence-electron chi connectivity index (χ4n) is 4.00. The topological polar surface area (TPSA) is 62.7 Å². The van der Waals surface area contributed by atoms with E-state index in [-0.39, 0.29) is 0 Å². The molecule has 0 amide bonds. The van der Waals surface area contributed by atoms with Crippen LogP contribution in [0.5, 0.6) is 0 Å². The number of hydrogen-bond donors (Lipinski definition) is 1. The standard InChI is InChI=1S/C19H19N3/c20-12-19(13-5-2-1-3-6-13)10-9-17-15(11-19)18(21)14-7-4-8-16(14)22-17/h1-3,5-6H,4,7-11H2,(H2,21,22). The summed E-state index contributed by atoms with van der Waals surface area (Å²) in [5, 5.41) is 9.89. The molecule has 1 atom stereocenters. The molecule has 0 saturated heterocycles. The normalized spacial score (nSPS) is 22.7. The van der Waals surface area contributed by atoms with E-state index in [0.29, 0.717) is 6.42 Å². The fraction of sp³-hybridized carbons (Fsp3) is 0.368. The monoisotopic (exact) mass is 289 g/mol. The van der Waals surface area contributed by atoms with E-state index in [2.05, 4.69) is 18.2 Å². The van der Waals surface area contributed by atoms with Gasteiger partial charge in [-0.3, -0.25) is 4.98 Å². The second-order valence-corrected chi connectivity index (χ2v) is 6.47. The van der Waals surface area contributed by atoms with Gasteiger partial charge in [-0.25, -0.2) is 0 Å². The third-order valence-corrected chi connectivity index (χ3v) is 5.26. The molecule has 110 valence electrons. The molecule has 3 heteroatoms. The molecule has 0 fully saturated rings. The lowest BCUT2D eigenvalue weighted by Crippen LogP contribution is -2.33. The number of anilines is 1. The van der Waals surface area contributed by atoms with Gasteiger partial charge in [0.1, 0.15) is 0 Å². The molecule has 4 rings (SSSR count). The van der Waals surface area contributed by atoms with Crippen molar-refractivity contribution in [2.75, 3.05) is 5.73 Å². The number of hydrogen-bond acceptors (Lipinski definition) is 3. The maximum Gasteiger partial charge on any atom is 0.0867 e. The van der Waals surface area contributed by atoms with Gasteiger partial charge in [0.25, 0.3) is 0 Å². The van der Waals surface area contributed by atoms with Gasteiger partial charge in [-0.1, -0.05) is 30.3 Å². The van der Waals surface area contributed by atoms with Crippen molar-refractivity contribution in [2.45, 2.75) is 43.9 Å². The summed E-state index contributed by atoms with van der Waals surface area (Å²) < 4.78 is 0. The number of pyridine rings is 1. The molecule has 1 aromatic heterocycles. The molecule has 2 aliphatic carbocycles. The highest BCUT2D eigenvalue weighted by atomic mass is 14.8. The van der Waals surface area contributed by atoms with E-state index < -0.39 is 5.41 Å². The number of nitrogen functional groups attached to an aromatic ring is 1. The van der Waals surface area contributed by atoms with Crippen molar-refractivity contribution in [3.63, 3.8) is 0 Å². The highest BCUT2D eigenvalue weighted by Gasteiger charge is 2.38. The molecule has 3 nitrogen and oxygen atoms in total. The number of nitriles is 1. The smallest absolute Gasteiger partial charge is 0.0867 e. The minimum Gasteiger partial charge on any atom is -0.398 e. The first-order valence-electron chi connectivity index (χ1n) is 7.99. The molecule has 1 aromatic carbocycles. The van der Waals surface area contributed by atoms with Crippen molar-refractivity contribution in [3.8, 4) is 6.07 Å². The van der Waals surface area contributed by atoms with Crippen LogP contribution in [0.1, 0.15) is 40.9 Å². The molecule has 2 N–H and O–H groups in total. The van der Waals surface area contributed by atoms with Crippen molar-refractivity contribution < 1.29 is 0 Å². The summed E-state index contributed by atoms with van der Waals surface area (Å²) in [5.41, 5.74) is 12.7. The Bertz CT molecular complexity index is 774. The maximum absolute atomic E-state index is 9.89. The summed E-state index contributed by atoms with van der Waals surface area (Å²) in [6.07, 6.45) is 5.59. The van der Waals surface area contributed by atoms with Crippen LogP contribution in [0.15, 0.2) is 30.3 Å². The Morgan fingerprint density at radius 3 is 2.59 bits per heavy atom. The SMILES string of the molecule is N#CC1(c2ccccc2)CCc2nc3c(c(N)c2C1)CCC3. The number of nitrogens with zero attached hydrogens (tertiary/aromatic N) is 2. The average Bonchev–Trinajstić information content (AvgIpc) is 3.04. The van der Waals surface area contributed by atoms with E-state index in [4.69, 9.17) is 10.7 Å². The summed E-state index contributed by atoms with van der Waals surface area (Å²) in [6.45, 7) is 0. The van der Waals surface area contributed by atoms with Gasteiger partial charge in [0.15, 0.2) is 0 Å². The summed E-state index contributed by atoms with van der Waals surface area (Å²) in [5.74, 6) is 0. The van der Waals surface area contributed by atoms with Crippen molar-refractivity contribution in [3.05, 3.63) is 58.4 Å². The van der Waals surface area contributed by atoms with Crippen LogP contribution in [-0.4, -0.2) is 4.98 Å². The van der Waals surface area contributed by atoms with E-state index in [1.54, 1.807) is 0 Å². The van der Waals surface area contributed by atoms with Gasteiger partial charge in [-0.15, -0.1) is 0 Å². The van der Waals surface area contributed by atoms with Gasteiger partial charge < -0.3 is 5.73 Å². The second kappa shape index (κ2) is 4.84. The summed E-state index contributed by atoms with van der Waals surface area (Å²) in [4.78, 5) is 4.86. The molecular formula is C19H19N3. The van der Waals surface area contributed by atoms with E-state index >= 15 is 0 Å². The van der Waals surface area contributed by atoms with Crippen LogP contribution < -0.4 is 5.73 Å². The minimum absolute atomic E-state index is 0.461. The van der Waals surface area contributed by atoms with Crippen molar-refractivity contribution in [1.29, 1.82) is 5.26 Å². The van der Waals surface area contributed by atoms with Gasteiger partial charge in [0.2, 0.25) is 0 Å². The first kappa shape index (κ1) is 13.3. The molecule has 1 unspecified atom stereocenters. The zero-order chi connectivity index (χ0) is 15.2. The van der Waals surface area contributed by atoms with Crippen LogP contribution >= 0.6 is 0 Å². The first-order valence-corrected chi connectivity index (χ1v) is 7.99. The third kappa shape index (κ3) is 1.84. The average molecular weight is 289 g/mol. The molecule has 2 aliphatic rings. The van der Waals surface area contributed by atoms with E-state index in [1.165, 1.54) is 11.3 Å². The molecule has 22 heavy (non-hydrogen) atoms. The largest absolute Gasteiger partial charge is 0.398 e. The zero-order valence-electron chi connectivity index (χ0n) is 12.6. The Hall–Kier alpha value is -2.34. The number of aromatic nitrogens is 1. The number of rotatable bonds is 1. The molecule has 0 radical (unpaired) electrons. The van der Waals surface area contributed by atoms with Crippen molar-refractivity contribution >= 4 is 5.69 Å². The van der Waals surface area contributed by atoms with Gasteiger partial charge in [0, 0.05) is 17.1 Å². The Kier molecular flexibility index (Phi) is 2.94. The summed E-state index contributed by atoms with van der Waals surface area (Å²) in [7, 11) is 0. The van der Waals surface area contributed by atoms with E-state index in [0.717, 1.165) is 54.6 Å². The Morgan fingerprint density at radius 1 is 1.05 bits per heavy atom. The molecule has 0 aliphatic heterocycles. The van der Waals surface area contributed by atoms with Crippen LogP contribution in [0.3, 0.4) is 0 Å². The maximum atomic E-state index is 9.89. The molecular weight excluding hydrogens is 270 g/mol. The van der Waals surface area contributed by atoms with Crippen LogP contribution in [-0.2, 0) is 31.1 Å². The van der Waals surface area contributed by atoms with E-state index in [9.17, 15) is 5.26 Å². The Morgan fingerprint density at radius 2 is 1.82 bits per heavy atom. The van der Waals surface area contributed by atoms with Crippen LogP contribution in [0.2, 0.25) is 0 Å². The van der Waals surface area contributed by atoms with Crippen molar-refractivity contribution in [1.82, 2.24) is 4.98 Å². The molecule has 0 bridgehead atoms. The lowest BCUT2D eigenvalue weighted by molar-refractivity contribution is 0.466. The lowest BCUT2D eigenvalue weighted by atomic mass is 9.69. The van der Waals surface area contributed by atoms with Crippen molar-refractivity contribution in [2.24, 2.45) is 0 Å². The van der Waals surface area contributed by atoms with E-state index in [1.807, 2.05) is 18.2 Å². The number of benzene rings is 1. The first-order chi connectivity index (χ1) is 10.7. The quantitative estimate of drug-likeness (QED) is 0.877. The van der Waals surface area contributed by atoms with Gasteiger partial charge in [0.05, 0.1) is 11.5 Å². The fourth-order valence-corrected chi connectivity index (χ4v) is 4.00. The lowest BCUT2D eigenvalue weighted by Gasteiger charge is -2.33. The van der Waals surface area contributed by atoms with Gasteiger partial charge in [-0.2, -0.15) is 5.26 Å². The molecule has 0 saturated carbocycles. The predicted octanol–water partition coefficient (Wildman–Crippen LogP) is 3.10. The van der Waals surface area contributed by atoms with Crippen LogP contribution in [0.25, 0.3) is 0 Å². The second-order valence-electron chi connectivity index (χ2n) is 6.47. The predicted molar refractivity (Wildman–Crippen MR) is 86.4 cm³/mol. The summed E-state index contributed by atoms with van der Waals surface area (Å²) >= 11 is 0. The van der Waals surface area contributed by atoms with Gasteiger partial charge in [-0.05, 0) is 55.2 Å². The van der Waals surface area contributed by atoms with Crippen LogP contribution in [0, 0.1) is 11.3 Å². The van der Waals surface area contributed by atoms with Crippen LogP contribution in [0.4, 0.5) is 5.69 Å². The molecule has 1 heterocycles. The Labute approximate surface area is 130 Å². The minimum atomic E-state index is -0.461. The number of nitrogens with two attached hydrogens (primary N) is 1.